The van der Waals surface area contributed by atoms with Gasteiger partial charge in [0.15, 0.2) is 16.7 Å². The van der Waals surface area contributed by atoms with Crippen molar-refractivity contribution in [3.63, 3.8) is 0 Å². The molecule has 1 N–H and O–H groups in total. The highest BCUT2D eigenvalue weighted by atomic mass is 32.2. The number of benzene rings is 2. The summed E-state index contributed by atoms with van der Waals surface area (Å²) in [6.07, 6.45) is 3.13. The lowest BCUT2D eigenvalue weighted by Crippen LogP contribution is -2.25. The van der Waals surface area contributed by atoms with Gasteiger partial charge in [0.2, 0.25) is 5.91 Å². The van der Waals surface area contributed by atoms with Crippen LogP contribution in [0.3, 0.4) is 0 Å². The topological polar surface area (TPSA) is 81.5 Å². The highest BCUT2D eigenvalue weighted by molar-refractivity contribution is 8.15. The summed E-state index contributed by atoms with van der Waals surface area (Å²) in [5.41, 5.74) is 1.85. The highest BCUT2D eigenvalue weighted by Gasteiger charge is 2.30. The first-order valence-electron chi connectivity index (χ1n) is 9.65. The number of carbonyl (C=O) groups excluding carboxylic acids is 1. The number of nitrogens with one attached hydrogen (secondary N) is 1. The standard InChI is InChI=1S/C22H25N3O4S/c1-4-10-29-18-9-8-16(12-19(18)28-3)14-23-25-22-24-21(26)20(30-22)13-15-6-5-7-17(11-15)27-2/h5-9,11-12,14,20H,4,10,13H2,1-3H3,(H,24,25,26)/b23-14-/t20-/m1/s1. The molecule has 1 fully saturated rings. The Morgan fingerprint density at radius 3 is 2.77 bits per heavy atom. The normalized spacial score (nSPS) is 17.4. The van der Waals surface area contributed by atoms with Crippen molar-refractivity contribution in [3.05, 3.63) is 53.6 Å². The quantitative estimate of drug-likeness (QED) is 0.488. The molecule has 0 saturated carbocycles. The Morgan fingerprint density at radius 1 is 1.13 bits per heavy atom. The molecule has 1 atom stereocenters. The lowest BCUT2D eigenvalue weighted by Gasteiger charge is -2.10. The smallest absolute Gasteiger partial charge is 0.239 e. The van der Waals surface area contributed by atoms with Crippen LogP contribution in [0.15, 0.2) is 52.7 Å². The van der Waals surface area contributed by atoms with Gasteiger partial charge < -0.3 is 19.5 Å². The summed E-state index contributed by atoms with van der Waals surface area (Å²) in [6, 6.07) is 13.3. The molecular weight excluding hydrogens is 402 g/mol. The van der Waals surface area contributed by atoms with Crippen LogP contribution >= 0.6 is 11.8 Å². The Balaban J connectivity index is 1.62. The summed E-state index contributed by atoms with van der Waals surface area (Å²) in [5, 5.41) is 11.3. The van der Waals surface area contributed by atoms with E-state index in [2.05, 4.69) is 15.5 Å². The van der Waals surface area contributed by atoms with E-state index in [1.54, 1.807) is 20.4 Å². The number of carbonyl (C=O) groups is 1. The van der Waals surface area contributed by atoms with Crippen molar-refractivity contribution < 1.29 is 19.0 Å². The number of hydrogen-bond donors (Lipinski definition) is 1. The zero-order chi connectivity index (χ0) is 21.3. The van der Waals surface area contributed by atoms with E-state index >= 15 is 0 Å². The maximum atomic E-state index is 12.3. The van der Waals surface area contributed by atoms with Crippen molar-refractivity contribution in [2.24, 2.45) is 10.2 Å². The Morgan fingerprint density at radius 2 is 2.00 bits per heavy atom. The molecular formula is C22H25N3O4S. The summed E-state index contributed by atoms with van der Waals surface area (Å²) >= 11 is 1.37. The average Bonchev–Trinajstić information content (AvgIpc) is 3.11. The molecule has 3 rings (SSSR count). The minimum atomic E-state index is -0.249. The van der Waals surface area contributed by atoms with Gasteiger partial charge in [-0.15, -0.1) is 5.10 Å². The maximum Gasteiger partial charge on any atom is 0.239 e. The minimum absolute atomic E-state index is 0.0733. The van der Waals surface area contributed by atoms with Gasteiger partial charge >= 0.3 is 0 Å². The second-order valence-electron chi connectivity index (χ2n) is 6.56. The van der Waals surface area contributed by atoms with E-state index in [4.69, 9.17) is 14.2 Å². The average molecular weight is 428 g/mol. The van der Waals surface area contributed by atoms with E-state index in [0.717, 1.165) is 23.3 Å². The van der Waals surface area contributed by atoms with Gasteiger partial charge in [0.1, 0.15) is 5.75 Å². The highest BCUT2D eigenvalue weighted by Crippen LogP contribution is 2.28. The van der Waals surface area contributed by atoms with Gasteiger partial charge in [-0.05, 0) is 54.3 Å². The molecule has 30 heavy (non-hydrogen) atoms. The third kappa shape index (κ3) is 5.76. The first-order chi connectivity index (χ1) is 14.6. The molecule has 2 aromatic rings. The maximum absolute atomic E-state index is 12.3. The summed E-state index contributed by atoms with van der Waals surface area (Å²) in [4.78, 5) is 12.3. The zero-order valence-electron chi connectivity index (χ0n) is 17.3. The molecule has 1 aliphatic heterocycles. The number of amides is 1. The van der Waals surface area contributed by atoms with Crippen LogP contribution in [0.4, 0.5) is 0 Å². The fourth-order valence-corrected chi connectivity index (χ4v) is 3.81. The van der Waals surface area contributed by atoms with Crippen LogP contribution in [0.1, 0.15) is 24.5 Å². The van der Waals surface area contributed by atoms with Crippen LogP contribution in [0.5, 0.6) is 17.2 Å². The van der Waals surface area contributed by atoms with Gasteiger partial charge in [0.25, 0.3) is 0 Å². The van der Waals surface area contributed by atoms with Gasteiger partial charge in [0.05, 0.1) is 32.3 Å². The van der Waals surface area contributed by atoms with E-state index in [0.29, 0.717) is 29.7 Å². The monoisotopic (exact) mass is 427 g/mol. The molecule has 1 aliphatic rings. The Labute approximate surface area is 180 Å². The lowest BCUT2D eigenvalue weighted by molar-refractivity contribution is -0.118. The molecule has 0 radical (unpaired) electrons. The molecule has 0 aromatic heterocycles. The van der Waals surface area contributed by atoms with E-state index in [9.17, 15) is 4.79 Å². The molecule has 158 valence electrons. The van der Waals surface area contributed by atoms with Crippen molar-refractivity contribution in [2.45, 2.75) is 25.0 Å². The molecule has 1 amide bonds. The molecule has 0 spiro atoms. The molecule has 0 unspecified atom stereocenters. The van der Waals surface area contributed by atoms with Crippen LogP contribution in [0.25, 0.3) is 0 Å². The van der Waals surface area contributed by atoms with Gasteiger partial charge in [-0.3, -0.25) is 4.79 Å². The SMILES string of the molecule is CCCOc1ccc(/C=N\N=C2/NC(=O)[C@@H](Cc3cccc(OC)c3)S2)cc1OC. The minimum Gasteiger partial charge on any atom is -0.497 e. The third-order valence-electron chi connectivity index (χ3n) is 4.34. The van der Waals surface area contributed by atoms with Crippen LogP contribution in [-0.2, 0) is 11.2 Å². The summed E-state index contributed by atoms with van der Waals surface area (Å²) < 4.78 is 16.3. The molecule has 7 nitrogen and oxygen atoms in total. The van der Waals surface area contributed by atoms with Crippen LogP contribution in [0, 0.1) is 0 Å². The van der Waals surface area contributed by atoms with E-state index < -0.39 is 0 Å². The number of hydrogen-bond acceptors (Lipinski definition) is 7. The van der Waals surface area contributed by atoms with E-state index in [1.807, 2.05) is 49.4 Å². The Kier molecular flexibility index (Phi) is 7.73. The fraction of sp³-hybridized carbons (Fsp3) is 0.318. The Hall–Kier alpha value is -3.00. The second-order valence-corrected chi connectivity index (χ2v) is 7.75. The predicted octanol–water partition coefficient (Wildman–Crippen LogP) is 3.66. The molecule has 1 heterocycles. The summed E-state index contributed by atoms with van der Waals surface area (Å²) in [6.45, 7) is 2.68. The van der Waals surface area contributed by atoms with Gasteiger partial charge in [-0.1, -0.05) is 30.8 Å². The van der Waals surface area contributed by atoms with Crippen molar-refractivity contribution in [3.8, 4) is 17.2 Å². The van der Waals surface area contributed by atoms with E-state index in [-0.39, 0.29) is 11.2 Å². The van der Waals surface area contributed by atoms with Gasteiger partial charge in [0, 0.05) is 0 Å². The number of methoxy groups -OCH3 is 2. The van der Waals surface area contributed by atoms with Crippen molar-refractivity contribution in [1.29, 1.82) is 0 Å². The molecule has 0 aliphatic carbocycles. The number of nitrogens with zero attached hydrogens (tertiary/aromatic N) is 2. The van der Waals surface area contributed by atoms with Crippen molar-refractivity contribution in [2.75, 3.05) is 20.8 Å². The number of amidine groups is 1. The molecule has 0 bridgehead atoms. The Bertz CT molecular complexity index is 946. The second kappa shape index (κ2) is 10.7. The summed E-state index contributed by atoms with van der Waals surface area (Å²) in [7, 11) is 3.22. The number of ether oxygens (including phenoxy) is 3. The third-order valence-corrected chi connectivity index (χ3v) is 5.41. The molecule has 1 saturated heterocycles. The van der Waals surface area contributed by atoms with Gasteiger partial charge in [-0.25, -0.2) is 0 Å². The first kappa shape index (κ1) is 21.7. The molecule has 2 aromatic carbocycles. The van der Waals surface area contributed by atoms with Crippen molar-refractivity contribution in [1.82, 2.24) is 5.32 Å². The zero-order valence-corrected chi connectivity index (χ0v) is 18.1. The van der Waals surface area contributed by atoms with Crippen LogP contribution in [0.2, 0.25) is 0 Å². The predicted molar refractivity (Wildman–Crippen MR) is 120 cm³/mol. The first-order valence-corrected chi connectivity index (χ1v) is 10.5. The van der Waals surface area contributed by atoms with Crippen LogP contribution < -0.4 is 19.5 Å². The van der Waals surface area contributed by atoms with Crippen LogP contribution in [-0.4, -0.2) is 43.4 Å². The lowest BCUT2D eigenvalue weighted by atomic mass is 10.1. The number of rotatable bonds is 9. The van der Waals surface area contributed by atoms with E-state index in [1.165, 1.54) is 11.8 Å². The van der Waals surface area contributed by atoms with Crippen molar-refractivity contribution >= 4 is 29.1 Å². The fourth-order valence-electron chi connectivity index (χ4n) is 2.84. The van der Waals surface area contributed by atoms with Gasteiger partial charge in [-0.2, -0.15) is 5.10 Å². The molecule has 8 heteroatoms. The summed E-state index contributed by atoms with van der Waals surface area (Å²) in [5.74, 6) is 2.04. The largest absolute Gasteiger partial charge is 0.497 e. The number of thioether (sulfide) groups is 1.